The van der Waals surface area contributed by atoms with E-state index in [2.05, 4.69) is 29.8 Å². The first-order valence-corrected chi connectivity index (χ1v) is 5.90. The van der Waals surface area contributed by atoms with Crippen molar-refractivity contribution in [1.82, 2.24) is 0 Å². The van der Waals surface area contributed by atoms with Gasteiger partial charge >= 0.3 is 0 Å². The maximum atomic E-state index is 11.6. The van der Waals surface area contributed by atoms with E-state index in [-0.39, 0.29) is 5.78 Å². The van der Waals surface area contributed by atoms with Crippen LogP contribution in [0.25, 0.3) is 0 Å². The van der Waals surface area contributed by atoms with Crippen LogP contribution in [0.1, 0.15) is 35.5 Å². The molecule has 0 N–H and O–H groups in total. The van der Waals surface area contributed by atoms with Crippen molar-refractivity contribution in [3.05, 3.63) is 20.3 Å². The molecule has 0 aliphatic carbocycles. The monoisotopic (exact) mass is 260 g/mol. The summed E-state index contributed by atoms with van der Waals surface area (Å²) in [5.74, 6) is 0.697. The Bertz CT molecular complexity index is 295. The van der Waals surface area contributed by atoms with Crippen molar-refractivity contribution >= 4 is 33.0 Å². The van der Waals surface area contributed by atoms with Gasteiger partial charge in [-0.15, -0.1) is 11.3 Å². The summed E-state index contributed by atoms with van der Waals surface area (Å²) in [5, 5.41) is 0. The number of ketones is 1. The Morgan fingerprint density at radius 3 is 2.62 bits per heavy atom. The molecule has 0 unspecified atom stereocenters. The van der Waals surface area contributed by atoms with Gasteiger partial charge in [0.1, 0.15) is 0 Å². The molecule has 3 heteroatoms. The molecule has 0 atom stereocenters. The second-order valence-electron chi connectivity index (χ2n) is 3.59. The fourth-order valence-corrected chi connectivity index (χ4v) is 2.55. The van der Waals surface area contributed by atoms with Crippen LogP contribution in [0.4, 0.5) is 0 Å². The van der Waals surface area contributed by atoms with Crippen molar-refractivity contribution in [2.75, 3.05) is 0 Å². The van der Waals surface area contributed by atoms with Gasteiger partial charge < -0.3 is 0 Å². The number of carbonyl (C=O) groups is 1. The van der Waals surface area contributed by atoms with Gasteiger partial charge in [0.25, 0.3) is 0 Å². The highest BCUT2D eigenvalue weighted by molar-refractivity contribution is 9.11. The first kappa shape index (κ1) is 10.9. The Kier molecular flexibility index (Phi) is 3.68. The van der Waals surface area contributed by atoms with Crippen molar-refractivity contribution < 1.29 is 4.79 Å². The molecular formula is C10H13BrOS. The SMILES string of the molecule is Cc1cc(C(=O)CC(C)C)sc1Br. The molecule has 1 rings (SSSR count). The third kappa shape index (κ3) is 2.92. The first-order chi connectivity index (χ1) is 6.00. The summed E-state index contributed by atoms with van der Waals surface area (Å²) in [7, 11) is 0. The van der Waals surface area contributed by atoms with E-state index in [1.165, 1.54) is 11.3 Å². The summed E-state index contributed by atoms with van der Waals surface area (Å²) >= 11 is 4.95. The molecule has 0 saturated carbocycles. The van der Waals surface area contributed by atoms with Crippen molar-refractivity contribution in [3.8, 4) is 0 Å². The average molecular weight is 261 g/mol. The molecule has 0 spiro atoms. The quantitative estimate of drug-likeness (QED) is 0.750. The highest BCUT2D eigenvalue weighted by Gasteiger charge is 2.12. The van der Waals surface area contributed by atoms with Crippen molar-refractivity contribution in [1.29, 1.82) is 0 Å². The Morgan fingerprint density at radius 1 is 1.62 bits per heavy atom. The summed E-state index contributed by atoms with van der Waals surface area (Å²) < 4.78 is 1.07. The molecule has 0 aliphatic heterocycles. The number of carbonyl (C=O) groups excluding carboxylic acids is 1. The number of rotatable bonds is 3. The first-order valence-electron chi connectivity index (χ1n) is 4.30. The van der Waals surface area contributed by atoms with Gasteiger partial charge in [-0.05, 0) is 40.4 Å². The van der Waals surface area contributed by atoms with Crippen molar-refractivity contribution in [3.63, 3.8) is 0 Å². The van der Waals surface area contributed by atoms with Crippen LogP contribution in [-0.4, -0.2) is 5.78 Å². The molecule has 1 aromatic heterocycles. The van der Waals surface area contributed by atoms with Gasteiger partial charge in [0.05, 0.1) is 8.66 Å². The van der Waals surface area contributed by atoms with Crippen LogP contribution >= 0.6 is 27.3 Å². The van der Waals surface area contributed by atoms with E-state index in [1.54, 1.807) is 0 Å². The highest BCUT2D eigenvalue weighted by Crippen LogP contribution is 2.28. The van der Waals surface area contributed by atoms with E-state index in [0.29, 0.717) is 12.3 Å². The number of halogens is 1. The van der Waals surface area contributed by atoms with Crippen LogP contribution in [0, 0.1) is 12.8 Å². The molecule has 72 valence electrons. The molecule has 1 nitrogen and oxygen atoms in total. The standard InChI is InChI=1S/C10H13BrOS/c1-6(2)4-8(12)9-5-7(3)10(11)13-9/h5-6H,4H2,1-3H3. The Labute approximate surface area is 91.3 Å². The molecular weight excluding hydrogens is 248 g/mol. The van der Waals surface area contributed by atoms with Gasteiger partial charge in [0.2, 0.25) is 0 Å². The van der Waals surface area contributed by atoms with Crippen LogP contribution < -0.4 is 0 Å². The second kappa shape index (κ2) is 4.38. The molecule has 0 amide bonds. The molecule has 1 aromatic rings. The van der Waals surface area contributed by atoms with Gasteiger partial charge in [-0.3, -0.25) is 4.79 Å². The second-order valence-corrected chi connectivity index (χ2v) is 5.96. The van der Waals surface area contributed by atoms with Gasteiger partial charge in [0, 0.05) is 6.42 Å². The lowest BCUT2D eigenvalue weighted by molar-refractivity contribution is 0.0972. The van der Waals surface area contributed by atoms with Gasteiger partial charge in [-0.2, -0.15) is 0 Å². The van der Waals surface area contributed by atoms with E-state index in [4.69, 9.17) is 0 Å². The number of Topliss-reactive ketones (excluding diaryl/α,β-unsaturated/α-hetero) is 1. The molecule has 0 fully saturated rings. The minimum atomic E-state index is 0.258. The van der Waals surface area contributed by atoms with Crippen LogP contribution in [0.15, 0.2) is 9.85 Å². The fourth-order valence-electron chi connectivity index (χ4n) is 1.07. The van der Waals surface area contributed by atoms with Crippen LogP contribution in [0.5, 0.6) is 0 Å². The van der Waals surface area contributed by atoms with E-state index in [1.807, 2.05) is 13.0 Å². The van der Waals surface area contributed by atoms with Gasteiger partial charge in [-0.25, -0.2) is 0 Å². The molecule has 0 radical (unpaired) electrons. The molecule has 0 aromatic carbocycles. The van der Waals surface area contributed by atoms with E-state index < -0.39 is 0 Å². The largest absolute Gasteiger partial charge is 0.293 e. The van der Waals surface area contributed by atoms with E-state index in [9.17, 15) is 4.79 Å². The summed E-state index contributed by atoms with van der Waals surface area (Å²) in [5.41, 5.74) is 1.15. The Balaban J connectivity index is 2.77. The van der Waals surface area contributed by atoms with Crippen molar-refractivity contribution in [2.24, 2.45) is 5.92 Å². The van der Waals surface area contributed by atoms with E-state index >= 15 is 0 Å². The average Bonchev–Trinajstić information content (AvgIpc) is 2.31. The number of hydrogen-bond acceptors (Lipinski definition) is 2. The lowest BCUT2D eigenvalue weighted by Gasteiger charge is -2.00. The Hall–Kier alpha value is -0.150. The third-order valence-electron chi connectivity index (χ3n) is 1.73. The van der Waals surface area contributed by atoms with Gasteiger partial charge in [-0.1, -0.05) is 13.8 Å². The minimum absolute atomic E-state index is 0.258. The predicted molar refractivity (Wildman–Crippen MR) is 60.5 cm³/mol. The molecule has 0 bridgehead atoms. The zero-order valence-electron chi connectivity index (χ0n) is 8.06. The van der Waals surface area contributed by atoms with Crippen LogP contribution in [0.3, 0.4) is 0 Å². The molecule has 13 heavy (non-hydrogen) atoms. The summed E-state index contributed by atoms with van der Waals surface area (Å²) in [6.45, 7) is 6.13. The molecule has 0 aliphatic rings. The van der Waals surface area contributed by atoms with Gasteiger partial charge in [0.15, 0.2) is 5.78 Å². The third-order valence-corrected chi connectivity index (χ3v) is 3.90. The number of thiophene rings is 1. The summed E-state index contributed by atoms with van der Waals surface area (Å²) in [6, 6.07) is 1.96. The summed E-state index contributed by atoms with van der Waals surface area (Å²) in [4.78, 5) is 12.5. The number of aryl methyl sites for hydroxylation is 1. The maximum absolute atomic E-state index is 11.6. The van der Waals surface area contributed by atoms with E-state index in [0.717, 1.165) is 14.2 Å². The molecule has 0 saturated heterocycles. The summed E-state index contributed by atoms with van der Waals surface area (Å²) in [6.07, 6.45) is 0.645. The smallest absolute Gasteiger partial charge is 0.173 e. The minimum Gasteiger partial charge on any atom is -0.293 e. The normalized spacial score (nSPS) is 10.8. The predicted octanol–water partition coefficient (Wildman–Crippen LogP) is 4.05. The maximum Gasteiger partial charge on any atom is 0.173 e. The highest BCUT2D eigenvalue weighted by atomic mass is 79.9. The Morgan fingerprint density at radius 2 is 2.23 bits per heavy atom. The van der Waals surface area contributed by atoms with Crippen LogP contribution in [0.2, 0.25) is 0 Å². The topological polar surface area (TPSA) is 17.1 Å². The lowest BCUT2D eigenvalue weighted by atomic mass is 10.1. The zero-order chi connectivity index (χ0) is 10.0. The zero-order valence-corrected chi connectivity index (χ0v) is 10.5. The molecule has 1 heterocycles. The fraction of sp³-hybridized carbons (Fsp3) is 0.500. The van der Waals surface area contributed by atoms with Crippen LogP contribution in [-0.2, 0) is 0 Å². The number of hydrogen-bond donors (Lipinski definition) is 0. The lowest BCUT2D eigenvalue weighted by Crippen LogP contribution is -2.00. The van der Waals surface area contributed by atoms with Crippen molar-refractivity contribution in [2.45, 2.75) is 27.2 Å².